The Labute approximate surface area is 118 Å². The minimum atomic E-state index is -0.292. The Morgan fingerprint density at radius 1 is 1.53 bits per heavy atom. The standard InChI is InChI=1S/C14H20N2O2S/c1-19-13-7-3-2-6-12(13)15-14(18)10-16-8-4-5-11(17)9-16/h2-3,6-7,11,17H,4-5,8-10H2,1H3,(H,15,18)/t11-/m0/s1. The Kier molecular flexibility index (Phi) is 5.24. The molecule has 104 valence electrons. The summed E-state index contributed by atoms with van der Waals surface area (Å²) < 4.78 is 0. The van der Waals surface area contributed by atoms with Gasteiger partial charge in [0.2, 0.25) is 5.91 Å². The van der Waals surface area contributed by atoms with E-state index in [0.717, 1.165) is 30.0 Å². The van der Waals surface area contributed by atoms with Gasteiger partial charge in [-0.15, -0.1) is 11.8 Å². The van der Waals surface area contributed by atoms with Gasteiger partial charge in [0.15, 0.2) is 0 Å². The zero-order valence-electron chi connectivity index (χ0n) is 11.1. The van der Waals surface area contributed by atoms with E-state index in [9.17, 15) is 9.90 Å². The number of hydrogen-bond acceptors (Lipinski definition) is 4. The summed E-state index contributed by atoms with van der Waals surface area (Å²) in [5.74, 6) is -0.0180. The van der Waals surface area contributed by atoms with Gasteiger partial charge in [-0.25, -0.2) is 0 Å². The summed E-state index contributed by atoms with van der Waals surface area (Å²) in [5.41, 5.74) is 0.859. The lowest BCUT2D eigenvalue weighted by Gasteiger charge is -2.29. The number of piperidine rings is 1. The molecule has 1 aliphatic heterocycles. The van der Waals surface area contributed by atoms with Gasteiger partial charge in [-0.05, 0) is 37.8 Å². The molecule has 1 aromatic carbocycles. The van der Waals surface area contributed by atoms with Crippen LogP contribution in [0.25, 0.3) is 0 Å². The first kappa shape index (κ1) is 14.4. The highest BCUT2D eigenvalue weighted by atomic mass is 32.2. The van der Waals surface area contributed by atoms with Gasteiger partial charge >= 0.3 is 0 Å². The van der Waals surface area contributed by atoms with Crippen LogP contribution in [0, 0.1) is 0 Å². The number of anilines is 1. The van der Waals surface area contributed by atoms with Crippen LogP contribution in [0.4, 0.5) is 5.69 Å². The molecule has 1 amide bonds. The summed E-state index contributed by atoms with van der Waals surface area (Å²) in [5, 5.41) is 12.5. The third-order valence-electron chi connectivity index (χ3n) is 3.23. The Morgan fingerprint density at radius 2 is 2.32 bits per heavy atom. The van der Waals surface area contributed by atoms with Crippen molar-refractivity contribution in [3.8, 4) is 0 Å². The highest BCUT2D eigenvalue weighted by Gasteiger charge is 2.19. The summed E-state index contributed by atoms with van der Waals surface area (Å²) in [7, 11) is 0. The van der Waals surface area contributed by atoms with Crippen LogP contribution in [-0.4, -0.2) is 47.9 Å². The third-order valence-corrected chi connectivity index (χ3v) is 4.02. The number of carbonyl (C=O) groups is 1. The van der Waals surface area contributed by atoms with Crippen molar-refractivity contribution in [3.05, 3.63) is 24.3 Å². The van der Waals surface area contributed by atoms with Crippen molar-refractivity contribution < 1.29 is 9.90 Å². The second-order valence-corrected chi connectivity index (χ2v) is 5.63. The first-order chi connectivity index (χ1) is 9.19. The predicted octanol–water partition coefficient (Wildman–Crippen LogP) is 1.80. The van der Waals surface area contributed by atoms with Crippen LogP contribution in [0.3, 0.4) is 0 Å². The lowest BCUT2D eigenvalue weighted by atomic mass is 10.1. The molecule has 4 nitrogen and oxygen atoms in total. The van der Waals surface area contributed by atoms with Crippen LogP contribution in [0.15, 0.2) is 29.2 Å². The fourth-order valence-corrected chi connectivity index (χ4v) is 2.87. The number of nitrogens with one attached hydrogen (secondary N) is 1. The number of thioether (sulfide) groups is 1. The summed E-state index contributed by atoms with van der Waals surface area (Å²) in [6.07, 6.45) is 3.50. The van der Waals surface area contributed by atoms with Crippen molar-refractivity contribution in [2.24, 2.45) is 0 Å². The molecule has 19 heavy (non-hydrogen) atoms. The first-order valence-electron chi connectivity index (χ1n) is 6.52. The molecule has 0 unspecified atom stereocenters. The van der Waals surface area contributed by atoms with E-state index in [4.69, 9.17) is 0 Å². The van der Waals surface area contributed by atoms with Crippen molar-refractivity contribution in [3.63, 3.8) is 0 Å². The second-order valence-electron chi connectivity index (χ2n) is 4.78. The van der Waals surface area contributed by atoms with Gasteiger partial charge in [0.25, 0.3) is 0 Å². The molecule has 2 rings (SSSR count). The smallest absolute Gasteiger partial charge is 0.238 e. The van der Waals surface area contributed by atoms with Crippen molar-refractivity contribution in [1.82, 2.24) is 4.90 Å². The van der Waals surface area contributed by atoms with Gasteiger partial charge < -0.3 is 10.4 Å². The van der Waals surface area contributed by atoms with E-state index in [-0.39, 0.29) is 12.0 Å². The van der Waals surface area contributed by atoms with Gasteiger partial charge in [0.1, 0.15) is 0 Å². The van der Waals surface area contributed by atoms with Crippen LogP contribution in [-0.2, 0) is 4.79 Å². The normalized spacial score (nSPS) is 20.2. The molecule has 2 N–H and O–H groups in total. The minimum Gasteiger partial charge on any atom is -0.392 e. The van der Waals surface area contributed by atoms with Gasteiger partial charge in [-0.1, -0.05) is 12.1 Å². The van der Waals surface area contributed by atoms with Crippen LogP contribution >= 0.6 is 11.8 Å². The maximum absolute atomic E-state index is 12.0. The number of rotatable bonds is 4. The number of amides is 1. The summed E-state index contributed by atoms with van der Waals surface area (Å²) in [4.78, 5) is 15.1. The predicted molar refractivity (Wildman–Crippen MR) is 78.5 cm³/mol. The number of likely N-dealkylation sites (tertiary alicyclic amines) is 1. The summed E-state index contributed by atoms with van der Waals surface area (Å²) >= 11 is 1.62. The monoisotopic (exact) mass is 280 g/mol. The Hall–Kier alpha value is -1.04. The number of carbonyl (C=O) groups excluding carboxylic acids is 1. The van der Waals surface area contributed by atoms with Crippen molar-refractivity contribution >= 4 is 23.4 Å². The van der Waals surface area contributed by atoms with Crippen LogP contribution in [0.2, 0.25) is 0 Å². The first-order valence-corrected chi connectivity index (χ1v) is 7.75. The number of nitrogens with zero attached hydrogens (tertiary/aromatic N) is 1. The maximum Gasteiger partial charge on any atom is 0.238 e. The Balaban J connectivity index is 1.90. The van der Waals surface area contributed by atoms with Gasteiger partial charge in [-0.2, -0.15) is 0 Å². The van der Waals surface area contributed by atoms with Crippen LogP contribution < -0.4 is 5.32 Å². The molecule has 1 heterocycles. The molecule has 0 radical (unpaired) electrons. The number of β-amino-alcohol motifs (C(OH)–C–C–N with tert-alkyl or cyclic N) is 1. The van der Waals surface area contributed by atoms with Crippen LogP contribution in [0.5, 0.6) is 0 Å². The van der Waals surface area contributed by atoms with E-state index in [0.29, 0.717) is 13.1 Å². The number of benzene rings is 1. The third kappa shape index (κ3) is 4.23. The highest BCUT2D eigenvalue weighted by Crippen LogP contribution is 2.24. The van der Waals surface area contributed by atoms with E-state index in [1.807, 2.05) is 35.4 Å². The summed E-state index contributed by atoms with van der Waals surface area (Å²) in [6.45, 7) is 1.83. The van der Waals surface area contributed by atoms with Gasteiger partial charge in [-0.3, -0.25) is 9.69 Å². The molecule has 1 atom stereocenters. The average Bonchev–Trinajstić information content (AvgIpc) is 2.39. The van der Waals surface area contributed by atoms with Crippen molar-refractivity contribution in [1.29, 1.82) is 0 Å². The quantitative estimate of drug-likeness (QED) is 0.826. The Bertz CT molecular complexity index is 439. The molecule has 0 bridgehead atoms. The molecule has 1 aliphatic rings. The summed E-state index contributed by atoms with van der Waals surface area (Å²) in [6, 6.07) is 7.78. The number of aliphatic hydroxyl groups excluding tert-OH is 1. The molecule has 0 spiro atoms. The lowest BCUT2D eigenvalue weighted by Crippen LogP contribution is -2.42. The molecule has 5 heteroatoms. The zero-order chi connectivity index (χ0) is 13.7. The van der Waals surface area contributed by atoms with E-state index >= 15 is 0 Å². The fourth-order valence-electron chi connectivity index (χ4n) is 2.32. The van der Waals surface area contributed by atoms with E-state index in [2.05, 4.69) is 5.32 Å². The Morgan fingerprint density at radius 3 is 3.05 bits per heavy atom. The SMILES string of the molecule is CSc1ccccc1NC(=O)CN1CCC[C@H](O)C1. The molecule has 1 aromatic rings. The molecule has 0 aromatic heterocycles. The molecule has 1 fully saturated rings. The van der Waals surface area contributed by atoms with E-state index in [1.165, 1.54) is 0 Å². The topological polar surface area (TPSA) is 52.6 Å². The lowest BCUT2D eigenvalue weighted by molar-refractivity contribution is -0.118. The number of hydrogen-bond donors (Lipinski definition) is 2. The number of aliphatic hydroxyl groups is 1. The van der Waals surface area contributed by atoms with Crippen LogP contribution in [0.1, 0.15) is 12.8 Å². The zero-order valence-corrected chi connectivity index (χ0v) is 11.9. The fraction of sp³-hybridized carbons (Fsp3) is 0.500. The molecule has 0 saturated carbocycles. The highest BCUT2D eigenvalue weighted by molar-refractivity contribution is 7.98. The maximum atomic E-state index is 12.0. The van der Waals surface area contributed by atoms with Gasteiger partial charge in [0.05, 0.1) is 18.3 Å². The number of para-hydroxylation sites is 1. The molecule has 1 saturated heterocycles. The van der Waals surface area contributed by atoms with Crippen molar-refractivity contribution in [2.45, 2.75) is 23.8 Å². The largest absolute Gasteiger partial charge is 0.392 e. The van der Waals surface area contributed by atoms with Crippen molar-refractivity contribution in [2.75, 3.05) is 31.2 Å². The molecular weight excluding hydrogens is 260 g/mol. The van der Waals surface area contributed by atoms with E-state index in [1.54, 1.807) is 11.8 Å². The molecule has 0 aliphatic carbocycles. The van der Waals surface area contributed by atoms with E-state index < -0.39 is 0 Å². The van der Waals surface area contributed by atoms with Gasteiger partial charge in [0, 0.05) is 11.4 Å². The second kappa shape index (κ2) is 6.93. The average molecular weight is 280 g/mol. The minimum absolute atomic E-state index is 0.0180. The molecular formula is C14H20N2O2S.